The number of aliphatic carboxylic acids is 1. The zero-order valence-electron chi connectivity index (χ0n) is 10.0. The van der Waals surface area contributed by atoms with Gasteiger partial charge in [-0.25, -0.2) is 8.78 Å². The molecule has 1 aromatic carbocycles. The van der Waals surface area contributed by atoms with Crippen molar-refractivity contribution >= 4 is 21.9 Å². The van der Waals surface area contributed by atoms with Crippen molar-refractivity contribution in [3.8, 4) is 0 Å². The summed E-state index contributed by atoms with van der Waals surface area (Å²) in [5, 5.41) is 8.97. The Bertz CT molecular complexity index is 477. The lowest BCUT2D eigenvalue weighted by Crippen LogP contribution is -2.29. The molecule has 0 spiro atoms. The number of halogens is 3. The van der Waals surface area contributed by atoms with Crippen LogP contribution in [0.2, 0.25) is 0 Å². The largest absolute Gasteiger partial charge is 0.481 e. The van der Waals surface area contributed by atoms with Crippen LogP contribution < -0.4 is 5.73 Å². The molecule has 0 aliphatic carbocycles. The lowest BCUT2D eigenvalue weighted by Gasteiger charge is -2.24. The molecule has 0 fully saturated rings. The average Bonchev–Trinajstić information content (AvgIpc) is 2.22. The predicted octanol–water partition coefficient (Wildman–Crippen LogP) is 3.23. The SMILES string of the molecule is CC(C)(CC(N)c1cc(F)c(Br)cc1F)C(=O)O. The zero-order valence-corrected chi connectivity index (χ0v) is 11.6. The molecule has 0 aromatic heterocycles. The van der Waals surface area contributed by atoms with Crippen molar-refractivity contribution in [1.29, 1.82) is 0 Å². The molecule has 3 N–H and O–H groups in total. The highest BCUT2D eigenvalue weighted by Gasteiger charge is 2.31. The minimum absolute atomic E-state index is 0.00782. The maximum atomic E-state index is 13.6. The fourth-order valence-electron chi connectivity index (χ4n) is 1.57. The molecule has 3 nitrogen and oxygen atoms in total. The maximum Gasteiger partial charge on any atom is 0.309 e. The van der Waals surface area contributed by atoms with Gasteiger partial charge in [-0.1, -0.05) is 0 Å². The zero-order chi connectivity index (χ0) is 14.1. The van der Waals surface area contributed by atoms with Crippen LogP contribution in [0.4, 0.5) is 8.78 Å². The molecular formula is C12H14BrF2NO2. The molecule has 1 atom stereocenters. The first-order valence-corrected chi connectivity index (χ1v) is 6.08. The molecule has 0 heterocycles. The van der Waals surface area contributed by atoms with Crippen LogP contribution in [0.5, 0.6) is 0 Å². The Morgan fingerprint density at radius 1 is 1.44 bits per heavy atom. The second-order valence-electron chi connectivity index (χ2n) is 4.79. The van der Waals surface area contributed by atoms with Crippen LogP contribution in [-0.2, 0) is 4.79 Å². The van der Waals surface area contributed by atoms with Gasteiger partial charge in [-0.3, -0.25) is 4.79 Å². The number of carbonyl (C=O) groups is 1. The fraction of sp³-hybridized carbons (Fsp3) is 0.417. The average molecular weight is 322 g/mol. The third-order valence-corrected chi connectivity index (χ3v) is 3.36. The van der Waals surface area contributed by atoms with Gasteiger partial charge in [0.1, 0.15) is 11.6 Å². The van der Waals surface area contributed by atoms with E-state index in [-0.39, 0.29) is 16.5 Å². The van der Waals surface area contributed by atoms with Gasteiger partial charge >= 0.3 is 5.97 Å². The van der Waals surface area contributed by atoms with Crippen molar-refractivity contribution in [3.05, 3.63) is 33.8 Å². The quantitative estimate of drug-likeness (QED) is 0.837. The lowest BCUT2D eigenvalue weighted by molar-refractivity contribution is -0.147. The number of nitrogens with two attached hydrogens (primary N) is 1. The third kappa shape index (κ3) is 3.26. The van der Waals surface area contributed by atoms with E-state index in [1.165, 1.54) is 13.8 Å². The standard InChI is InChI=1S/C12H14BrF2NO2/c1-12(2,11(17)18)5-10(16)6-3-9(15)7(13)4-8(6)14/h3-4,10H,5,16H2,1-2H3,(H,17,18). The smallest absolute Gasteiger partial charge is 0.309 e. The molecule has 0 amide bonds. The van der Waals surface area contributed by atoms with E-state index in [9.17, 15) is 13.6 Å². The van der Waals surface area contributed by atoms with Crippen LogP contribution in [-0.4, -0.2) is 11.1 Å². The van der Waals surface area contributed by atoms with Gasteiger partial charge in [0.15, 0.2) is 0 Å². The first kappa shape index (κ1) is 15.0. The monoisotopic (exact) mass is 321 g/mol. The Balaban J connectivity index is 3.01. The second-order valence-corrected chi connectivity index (χ2v) is 5.64. The lowest BCUT2D eigenvalue weighted by atomic mass is 9.84. The predicted molar refractivity (Wildman–Crippen MR) is 67.0 cm³/mol. The Labute approximate surface area is 112 Å². The van der Waals surface area contributed by atoms with E-state index < -0.39 is 29.1 Å². The van der Waals surface area contributed by atoms with E-state index in [1.807, 2.05) is 0 Å². The topological polar surface area (TPSA) is 63.3 Å². The molecule has 1 rings (SSSR count). The van der Waals surface area contributed by atoms with Crippen molar-refractivity contribution in [2.45, 2.75) is 26.3 Å². The normalized spacial score (nSPS) is 13.4. The molecule has 0 aliphatic rings. The van der Waals surface area contributed by atoms with E-state index in [0.717, 1.165) is 12.1 Å². The first-order chi connectivity index (χ1) is 8.15. The van der Waals surface area contributed by atoms with Crippen molar-refractivity contribution in [2.24, 2.45) is 11.1 Å². The van der Waals surface area contributed by atoms with Gasteiger partial charge in [-0.15, -0.1) is 0 Å². The minimum atomic E-state index is -1.10. The highest BCUT2D eigenvalue weighted by Crippen LogP contribution is 2.31. The van der Waals surface area contributed by atoms with E-state index in [1.54, 1.807) is 0 Å². The molecule has 0 aliphatic heterocycles. The summed E-state index contributed by atoms with van der Waals surface area (Å²) < 4.78 is 27.0. The van der Waals surface area contributed by atoms with Crippen molar-refractivity contribution in [2.75, 3.05) is 0 Å². The van der Waals surface area contributed by atoms with Gasteiger partial charge in [-0.05, 0) is 48.3 Å². The van der Waals surface area contributed by atoms with Gasteiger partial charge < -0.3 is 10.8 Å². The van der Waals surface area contributed by atoms with Crippen molar-refractivity contribution < 1.29 is 18.7 Å². The molecule has 0 radical (unpaired) electrons. The van der Waals surface area contributed by atoms with E-state index >= 15 is 0 Å². The summed E-state index contributed by atoms with van der Waals surface area (Å²) >= 11 is 2.86. The first-order valence-electron chi connectivity index (χ1n) is 5.28. The van der Waals surface area contributed by atoms with Crippen LogP contribution in [0.15, 0.2) is 16.6 Å². The number of carboxylic acids is 1. The van der Waals surface area contributed by atoms with Gasteiger partial charge in [0.25, 0.3) is 0 Å². The number of hydrogen-bond acceptors (Lipinski definition) is 2. The van der Waals surface area contributed by atoms with E-state index in [2.05, 4.69) is 15.9 Å². The van der Waals surface area contributed by atoms with Crippen LogP contribution in [0.25, 0.3) is 0 Å². The van der Waals surface area contributed by atoms with Crippen molar-refractivity contribution in [3.63, 3.8) is 0 Å². The van der Waals surface area contributed by atoms with Crippen LogP contribution in [0, 0.1) is 17.0 Å². The molecule has 1 aromatic rings. The maximum absolute atomic E-state index is 13.6. The number of benzene rings is 1. The Hall–Kier alpha value is -1.01. The molecule has 0 saturated heterocycles. The number of rotatable bonds is 4. The molecule has 0 saturated carbocycles. The summed E-state index contributed by atoms with van der Waals surface area (Å²) in [5.41, 5.74) is 4.63. The summed E-state index contributed by atoms with van der Waals surface area (Å²) in [6.45, 7) is 2.98. The van der Waals surface area contributed by atoms with Crippen molar-refractivity contribution in [1.82, 2.24) is 0 Å². The highest BCUT2D eigenvalue weighted by atomic mass is 79.9. The van der Waals surface area contributed by atoms with Gasteiger partial charge in [0.2, 0.25) is 0 Å². The molecule has 6 heteroatoms. The number of hydrogen-bond donors (Lipinski definition) is 2. The minimum Gasteiger partial charge on any atom is -0.481 e. The summed E-state index contributed by atoms with van der Waals surface area (Å²) in [7, 11) is 0. The third-order valence-electron chi connectivity index (χ3n) is 2.75. The van der Waals surface area contributed by atoms with Gasteiger partial charge in [0.05, 0.1) is 9.89 Å². The highest BCUT2D eigenvalue weighted by molar-refractivity contribution is 9.10. The summed E-state index contributed by atoms with van der Waals surface area (Å²) in [4.78, 5) is 11.0. The van der Waals surface area contributed by atoms with E-state index in [0.29, 0.717) is 0 Å². The summed E-state index contributed by atoms with van der Waals surface area (Å²) in [6, 6.07) is 1.10. The second kappa shape index (κ2) is 5.32. The van der Waals surface area contributed by atoms with E-state index in [4.69, 9.17) is 10.8 Å². The van der Waals surface area contributed by atoms with Crippen LogP contribution in [0.1, 0.15) is 31.9 Å². The summed E-state index contributed by atoms with van der Waals surface area (Å²) in [6.07, 6.45) is 0.0142. The summed E-state index contributed by atoms with van der Waals surface area (Å²) in [5.74, 6) is -2.32. The van der Waals surface area contributed by atoms with Gasteiger partial charge in [-0.2, -0.15) is 0 Å². The Morgan fingerprint density at radius 2 is 2.00 bits per heavy atom. The molecule has 18 heavy (non-hydrogen) atoms. The fourth-order valence-corrected chi connectivity index (χ4v) is 1.88. The van der Waals surface area contributed by atoms with Crippen LogP contribution in [0.3, 0.4) is 0 Å². The molecule has 100 valence electrons. The molecule has 1 unspecified atom stereocenters. The van der Waals surface area contributed by atoms with Crippen LogP contribution >= 0.6 is 15.9 Å². The number of carboxylic acid groups (broad SMARTS) is 1. The Morgan fingerprint density at radius 3 is 2.50 bits per heavy atom. The molecular weight excluding hydrogens is 308 g/mol. The molecule has 0 bridgehead atoms. The Kier molecular flexibility index (Phi) is 4.45. The van der Waals surface area contributed by atoms with Gasteiger partial charge in [0, 0.05) is 11.6 Å².